The second kappa shape index (κ2) is 6.95. The molecule has 160 valence electrons. The van der Waals surface area contributed by atoms with Gasteiger partial charge in [0.05, 0.1) is 23.5 Å². The van der Waals surface area contributed by atoms with Crippen LogP contribution in [0.15, 0.2) is 16.7 Å². The Hall–Kier alpha value is -2.65. The molecule has 9 heteroatoms. The molecule has 5 rings (SSSR count). The maximum atomic E-state index is 12.6. The fourth-order valence-electron chi connectivity index (χ4n) is 5.70. The van der Waals surface area contributed by atoms with Gasteiger partial charge in [-0.15, -0.1) is 0 Å². The van der Waals surface area contributed by atoms with Crippen molar-refractivity contribution in [1.29, 1.82) is 0 Å². The molecule has 2 bridgehead atoms. The molecule has 3 fully saturated rings. The molecule has 3 saturated heterocycles. The molecule has 0 radical (unpaired) electrons. The summed E-state index contributed by atoms with van der Waals surface area (Å²) in [5, 5.41) is 18.8. The molecule has 3 aliphatic rings. The average molecular weight is 414 g/mol. The number of carboxylic acids is 1. The van der Waals surface area contributed by atoms with Gasteiger partial charge in [-0.25, -0.2) is 4.79 Å². The van der Waals surface area contributed by atoms with Gasteiger partial charge in [0.2, 0.25) is 0 Å². The second-order valence-electron chi connectivity index (χ2n) is 8.81. The van der Waals surface area contributed by atoms with Crippen molar-refractivity contribution in [2.24, 2.45) is 11.8 Å². The minimum atomic E-state index is -0.998. The SMILES string of the molecule is Cc1cc(C(=O)NCC2C3CC[C@]4(CN(Cc5cn[nH]c5C(=O)O)C[C@@H]24)O3)c(C)o1. The third-order valence-corrected chi connectivity index (χ3v) is 6.96. The van der Waals surface area contributed by atoms with E-state index in [0.717, 1.165) is 31.7 Å². The van der Waals surface area contributed by atoms with Gasteiger partial charge in [-0.1, -0.05) is 0 Å². The van der Waals surface area contributed by atoms with Crippen LogP contribution in [0.2, 0.25) is 0 Å². The number of carbonyl (C=O) groups excluding carboxylic acids is 1. The minimum absolute atomic E-state index is 0.111. The highest BCUT2D eigenvalue weighted by Crippen LogP contribution is 2.54. The van der Waals surface area contributed by atoms with Crippen molar-refractivity contribution in [3.63, 3.8) is 0 Å². The first-order valence-electron chi connectivity index (χ1n) is 10.4. The number of amides is 1. The molecular formula is C21H26N4O5. The Morgan fingerprint density at radius 3 is 3.00 bits per heavy atom. The third kappa shape index (κ3) is 3.04. The molecule has 9 nitrogen and oxygen atoms in total. The van der Waals surface area contributed by atoms with E-state index in [1.165, 1.54) is 0 Å². The van der Waals surface area contributed by atoms with Crippen molar-refractivity contribution in [2.75, 3.05) is 19.6 Å². The molecular weight excluding hydrogens is 388 g/mol. The summed E-state index contributed by atoms with van der Waals surface area (Å²) in [5.41, 5.74) is 1.23. The lowest BCUT2D eigenvalue weighted by atomic mass is 9.73. The van der Waals surface area contributed by atoms with Crippen LogP contribution in [-0.2, 0) is 11.3 Å². The fourth-order valence-corrected chi connectivity index (χ4v) is 5.70. The van der Waals surface area contributed by atoms with Crippen molar-refractivity contribution in [3.8, 4) is 0 Å². The standard InChI is InChI=1S/C21H26N4O5/c1-11-5-14(12(2)29-11)19(26)22-7-15-16-9-25(10-21(16)4-3-17(15)30-21)8-13-6-23-24-18(13)20(27)28/h5-6,15-17H,3-4,7-10H2,1-2H3,(H,22,26)(H,23,24)(H,27,28)/t15?,16-,17?,21+/m0/s1. The van der Waals surface area contributed by atoms with Crippen LogP contribution in [0, 0.1) is 25.7 Å². The van der Waals surface area contributed by atoms with E-state index >= 15 is 0 Å². The summed E-state index contributed by atoms with van der Waals surface area (Å²) in [6.07, 6.45) is 3.77. The zero-order valence-electron chi connectivity index (χ0n) is 17.1. The number of ether oxygens (including phenoxy) is 1. The summed E-state index contributed by atoms with van der Waals surface area (Å²) in [6, 6.07) is 1.77. The van der Waals surface area contributed by atoms with E-state index in [-0.39, 0.29) is 29.2 Å². The molecule has 3 aliphatic heterocycles. The van der Waals surface area contributed by atoms with Crippen molar-refractivity contribution >= 4 is 11.9 Å². The van der Waals surface area contributed by atoms with E-state index < -0.39 is 5.97 Å². The Kier molecular flexibility index (Phi) is 4.48. The highest BCUT2D eigenvalue weighted by Gasteiger charge is 2.62. The molecule has 4 atom stereocenters. The van der Waals surface area contributed by atoms with E-state index in [2.05, 4.69) is 20.4 Å². The summed E-state index contributed by atoms with van der Waals surface area (Å²) in [4.78, 5) is 26.2. The van der Waals surface area contributed by atoms with Crippen LogP contribution in [-0.4, -0.2) is 63.4 Å². The first kappa shape index (κ1) is 19.3. The average Bonchev–Trinajstić information content (AvgIpc) is 3.47. The fraction of sp³-hybridized carbons (Fsp3) is 0.571. The van der Waals surface area contributed by atoms with Crippen molar-refractivity contribution in [2.45, 2.75) is 44.9 Å². The largest absolute Gasteiger partial charge is 0.477 e. The molecule has 2 aromatic heterocycles. The molecule has 0 aliphatic carbocycles. The van der Waals surface area contributed by atoms with E-state index in [1.54, 1.807) is 19.2 Å². The number of likely N-dealkylation sites (tertiary alicyclic amines) is 1. The Balaban J connectivity index is 1.26. The number of hydrogen-bond acceptors (Lipinski definition) is 6. The number of aromatic carboxylic acids is 1. The van der Waals surface area contributed by atoms with Gasteiger partial charge < -0.3 is 19.6 Å². The number of carbonyl (C=O) groups is 2. The van der Waals surface area contributed by atoms with Gasteiger partial charge in [-0.2, -0.15) is 5.10 Å². The summed E-state index contributed by atoms with van der Waals surface area (Å²) in [6.45, 7) is 6.33. The van der Waals surface area contributed by atoms with Crippen LogP contribution >= 0.6 is 0 Å². The van der Waals surface area contributed by atoms with Crippen LogP contribution < -0.4 is 5.32 Å². The highest BCUT2D eigenvalue weighted by atomic mass is 16.5. The predicted molar refractivity (Wildman–Crippen MR) is 105 cm³/mol. The molecule has 30 heavy (non-hydrogen) atoms. The number of nitrogens with zero attached hydrogens (tertiary/aromatic N) is 2. The lowest BCUT2D eigenvalue weighted by molar-refractivity contribution is 0.00211. The molecule has 2 aromatic rings. The highest BCUT2D eigenvalue weighted by molar-refractivity contribution is 5.95. The summed E-state index contributed by atoms with van der Waals surface area (Å²) < 4.78 is 11.9. The number of furan rings is 1. The smallest absolute Gasteiger partial charge is 0.354 e. The maximum Gasteiger partial charge on any atom is 0.354 e. The summed E-state index contributed by atoms with van der Waals surface area (Å²) in [7, 11) is 0. The van der Waals surface area contributed by atoms with Gasteiger partial charge in [0.1, 0.15) is 17.2 Å². The number of aromatic nitrogens is 2. The number of fused-ring (bicyclic) bond motifs is 1. The van der Waals surface area contributed by atoms with Gasteiger partial charge in [0.25, 0.3) is 5.91 Å². The Labute approximate surface area is 173 Å². The maximum absolute atomic E-state index is 12.6. The monoisotopic (exact) mass is 414 g/mol. The topological polar surface area (TPSA) is 121 Å². The number of rotatable bonds is 6. The normalized spacial score (nSPS) is 30.0. The lowest BCUT2D eigenvalue weighted by Crippen LogP contribution is -2.41. The Morgan fingerprint density at radius 2 is 2.27 bits per heavy atom. The van der Waals surface area contributed by atoms with Crippen LogP contribution in [0.5, 0.6) is 0 Å². The van der Waals surface area contributed by atoms with E-state index in [1.807, 2.05) is 6.92 Å². The number of hydrogen-bond donors (Lipinski definition) is 3. The van der Waals surface area contributed by atoms with E-state index in [9.17, 15) is 14.7 Å². The Morgan fingerprint density at radius 1 is 1.43 bits per heavy atom. The van der Waals surface area contributed by atoms with Gasteiger partial charge >= 0.3 is 5.97 Å². The Bertz CT molecular complexity index is 997. The zero-order valence-corrected chi connectivity index (χ0v) is 17.1. The van der Waals surface area contributed by atoms with Crippen molar-refractivity contribution < 1.29 is 23.8 Å². The number of carboxylic acid groups (broad SMARTS) is 1. The molecule has 0 saturated carbocycles. The number of aromatic amines is 1. The summed E-state index contributed by atoms with van der Waals surface area (Å²) in [5.74, 6) is 0.828. The van der Waals surface area contributed by atoms with Gasteiger partial charge in [0.15, 0.2) is 0 Å². The number of aryl methyl sites for hydroxylation is 2. The van der Waals surface area contributed by atoms with E-state index in [0.29, 0.717) is 35.9 Å². The quantitative estimate of drug-likeness (QED) is 0.658. The van der Waals surface area contributed by atoms with E-state index in [4.69, 9.17) is 9.15 Å². The zero-order chi connectivity index (χ0) is 21.0. The summed E-state index contributed by atoms with van der Waals surface area (Å²) >= 11 is 0. The minimum Gasteiger partial charge on any atom is -0.477 e. The van der Waals surface area contributed by atoms with Crippen LogP contribution in [0.3, 0.4) is 0 Å². The molecule has 3 N–H and O–H groups in total. The van der Waals surface area contributed by atoms with Crippen molar-refractivity contribution in [3.05, 3.63) is 40.6 Å². The first-order valence-corrected chi connectivity index (χ1v) is 10.4. The predicted octanol–water partition coefficient (Wildman–Crippen LogP) is 1.73. The molecule has 5 heterocycles. The third-order valence-electron chi connectivity index (χ3n) is 6.96. The van der Waals surface area contributed by atoms with Gasteiger partial charge in [-0.05, 0) is 32.8 Å². The van der Waals surface area contributed by atoms with Crippen molar-refractivity contribution in [1.82, 2.24) is 20.4 Å². The first-order chi connectivity index (χ1) is 14.4. The molecule has 2 unspecified atom stereocenters. The van der Waals surface area contributed by atoms with Crippen LogP contribution in [0.1, 0.15) is 50.8 Å². The lowest BCUT2D eigenvalue weighted by Gasteiger charge is -2.29. The van der Waals surface area contributed by atoms with Crippen LogP contribution in [0.25, 0.3) is 0 Å². The van der Waals surface area contributed by atoms with Gasteiger partial charge in [0, 0.05) is 43.6 Å². The van der Waals surface area contributed by atoms with Crippen LogP contribution in [0.4, 0.5) is 0 Å². The molecule has 0 aromatic carbocycles. The second-order valence-corrected chi connectivity index (χ2v) is 8.81. The number of H-pyrrole nitrogens is 1. The van der Waals surface area contributed by atoms with Gasteiger partial charge in [-0.3, -0.25) is 14.8 Å². The number of nitrogens with one attached hydrogen (secondary N) is 2. The molecule has 1 spiro atoms. The molecule has 1 amide bonds.